The van der Waals surface area contributed by atoms with Gasteiger partial charge < -0.3 is 14.9 Å². The largest absolute Gasteiger partial charge is 0.494 e. The molecule has 0 radical (unpaired) electrons. The molecule has 8 heteroatoms. The number of ether oxygens (including phenoxy) is 1. The van der Waals surface area contributed by atoms with Crippen LogP contribution >= 0.6 is 0 Å². The Hall–Kier alpha value is -2.42. The number of rotatable bonds is 11. The molecule has 7 nitrogen and oxygen atoms in total. The first kappa shape index (κ1) is 21.9. The first-order valence-electron chi connectivity index (χ1n) is 8.85. The van der Waals surface area contributed by atoms with Gasteiger partial charge in [0.05, 0.1) is 19.3 Å². The van der Waals surface area contributed by atoms with Crippen LogP contribution in [-0.4, -0.2) is 48.4 Å². The highest BCUT2D eigenvalue weighted by Gasteiger charge is 2.18. The minimum absolute atomic E-state index is 0.0646. The summed E-state index contributed by atoms with van der Waals surface area (Å²) >= 11 is 0. The molecule has 0 saturated carbocycles. The topological polar surface area (TPSA) is 104 Å². The van der Waals surface area contributed by atoms with Crippen LogP contribution in [0.5, 0.6) is 5.75 Å². The average molecular weight is 407 g/mol. The second-order valence-electron chi connectivity index (χ2n) is 6.49. The number of hydrogen-bond acceptors (Lipinski definition) is 5. The Morgan fingerprint density at radius 3 is 2.29 bits per heavy atom. The zero-order valence-corrected chi connectivity index (χ0v) is 16.6. The van der Waals surface area contributed by atoms with E-state index in [0.29, 0.717) is 24.3 Å². The molecular formula is C20H25NO6S. The highest BCUT2D eigenvalue weighted by Crippen LogP contribution is 2.18. The molecule has 0 heterocycles. The minimum Gasteiger partial charge on any atom is -0.494 e. The van der Waals surface area contributed by atoms with Crippen molar-refractivity contribution < 1.29 is 28.2 Å². The van der Waals surface area contributed by atoms with Crippen LogP contribution in [0.1, 0.15) is 23.1 Å². The first-order chi connectivity index (χ1) is 13.3. The Bertz CT molecular complexity index is 880. The summed E-state index contributed by atoms with van der Waals surface area (Å²) in [6.07, 6.45) is 1.59. The average Bonchev–Trinajstić information content (AvgIpc) is 2.62. The van der Waals surface area contributed by atoms with Gasteiger partial charge in [0, 0.05) is 26.1 Å². The molecule has 152 valence electrons. The lowest BCUT2D eigenvalue weighted by Gasteiger charge is -2.20. The molecule has 0 aromatic heterocycles. The molecule has 0 aliphatic carbocycles. The normalized spacial score (nSPS) is 11.5. The van der Waals surface area contributed by atoms with Crippen LogP contribution in [0, 0.1) is 0 Å². The Labute approximate surface area is 165 Å². The predicted octanol–water partition coefficient (Wildman–Crippen LogP) is 2.04. The van der Waals surface area contributed by atoms with Crippen LogP contribution in [0.25, 0.3) is 0 Å². The van der Waals surface area contributed by atoms with E-state index in [4.69, 9.17) is 14.9 Å². The summed E-state index contributed by atoms with van der Waals surface area (Å²) in [7, 11) is -3.47. The Morgan fingerprint density at radius 2 is 1.68 bits per heavy atom. The highest BCUT2D eigenvalue weighted by atomic mass is 32.2. The van der Waals surface area contributed by atoms with Gasteiger partial charge in [-0.05, 0) is 28.8 Å². The summed E-state index contributed by atoms with van der Waals surface area (Å²) in [5.74, 6) is -0.275. The zero-order valence-electron chi connectivity index (χ0n) is 15.7. The number of aliphatic hydroxyl groups is 1. The van der Waals surface area contributed by atoms with E-state index in [0.717, 1.165) is 17.4 Å². The van der Waals surface area contributed by atoms with E-state index >= 15 is 0 Å². The summed E-state index contributed by atoms with van der Waals surface area (Å²) < 4.78 is 31.3. The molecule has 0 aliphatic heterocycles. The van der Waals surface area contributed by atoms with Gasteiger partial charge in [0.25, 0.3) is 0 Å². The first-order valence-corrected chi connectivity index (χ1v) is 10.7. The molecule has 2 N–H and O–H groups in total. The lowest BCUT2D eigenvalue weighted by Crippen LogP contribution is -2.29. The van der Waals surface area contributed by atoms with E-state index in [9.17, 15) is 13.2 Å². The van der Waals surface area contributed by atoms with Crippen molar-refractivity contribution in [3.05, 3.63) is 65.2 Å². The van der Waals surface area contributed by atoms with Crippen molar-refractivity contribution in [3.63, 3.8) is 0 Å². The van der Waals surface area contributed by atoms with Crippen molar-refractivity contribution in [2.45, 2.75) is 25.9 Å². The van der Waals surface area contributed by atoms with Crippen LogP contribution in [-0.2, 0) is 34.3 Å². The summed E-state index contributed by atoms with van der Waals surface area (Å²) in [5.41, 5.74) is 2.16. The van der Waals surface area contributed by atoms with E-state index in [1.54, 1.807) is 48.5 Å². The minimum atomic E-state index is -3.47. The smallest absolute Gasteiger partial charge is 0.307 e. The molecular weight excluding hydrogens is 382 g/mol. The van der Waals surface area contributed by atoms with E-state index in [1.165, 1.54) is 4.31 Å². The van der Waals surface area contributed by atoms with Gasteiger partial charge in [-0.25, -0.2) is 8.42 Å². The maximum atomic E-state index is 12.2. The molecule has 0 atom stereocenters. The fourth-order valence-electron chi connectivity index (χ4n) is 2.66. The molecule has 2 aromatic carbocycles. The lowest BCUT2D eigenvalue weighted by atomic mass is 10.1. The van der Waals surface area contributed by atoms with E-state index in [-0.39, 0.29) is 26.1 Å². The van der Waals surface area contributed by atoms with Gasteiger partial charge in [-0.15, -0.1) is 0 Å². The lowest BCUT2D eigenvalue weighted by molar-refractivity contribution is -0.136. The maximum Gasteiger partial charge on any atom is 0.307 e. The quantitative estimate of drug-likeness (QED) is 0.553. The fraction of sp³-hybridized carbons (Fsp3) is 0.350. The Balaban J connectivity index is 2.09. The van der Waals surface area contributed by atoms with Crippen molar-refractivity contribution in [2.24, 2.45) is 0 Å². The van der Waals surface area contributed by atoms with Crippen molar-refractivity contribution in [1.29, 1.82) is 0 Å². The molecule has 0 aliphatic rings. The predicted molar refractivity (Wildman–Crippen MR) is 106 cm³/mol. The molecule has 0 fully saturated rings. The highest BCUT2D eigenvalue weighted by molar-refractivity contribution is 7.88. The van der Waals surface area contributed by atoms with Gasteiger partial charge in [-0.2, -0.15) is 4.31 Å². The van der Waals surface area contributed by atoms with Crippen LogP contribution in [0.2, 0.25) is 0 Å². The van der Waals surface area contributed by atoms with E-state index in [2.05, 4.69) is 0 Å². The molecule has 0 bridgehead atoms. The van der Waals surface area contributed by atoms with Crippen molar-refractivity contribution in [2.75, 3.05) is 19.5 Å². The second kappa shape index (κ2) is 10.2. The SMILES string of the molecule is CS(=O)(=O)N(Cc1ccc(OCCCO)cc1)Cc1cccc(CC(=O)O)c1. The number of sulfonamides is 1. The van der Waals surface area contributed by atoms with E-state index in [1.807, 2.05) is 0 Å². The fourth-order valence-corrected chi connectivity index (χ4v) is 3.42. The van der Waals surface area contributed by atoms with Gasteiger partial charge >= 0.3 is 5.97 Å². The van der Waals surface area contributed by atoms with Crippen LogP contribution in [0.4, 0.5) is 0 Å². The van der Waals surface area contributed by atoms with Gasteiger partial charge in [-0.1, -0.05) is 36.4 Å². The van der Waals surface area contributed by atoms with Gasteiger partial charge in [0.15, 0.2) is 0 Å². The van der Waals surface area contributed by atoms with Crippen LogP contribution < -0.4 is 4.74 Å². The number of carboxylic acid groups (broad SMARTS) is 1. The zero-order chi connectivity index (χ0) is 20.6. The van der Waals surface area contributed by atoms with Gasteiger partial charge in [0.1, 0.15) is 5.75 Å². The summed E-state index contributed by atoms with van der Waals surface area (Å²) in [4.78, 5) is 10.9. The third-order valence-corrected chi connectivity index (χ3v) is 5.22. The molecule has 2 aromatic rings. The Morgan fingerprint density at radius 1 is 1.04 bits per heavy atom. The second-order valence-corrected chi connectivity index (χ2v) is 8.47. The maximum absolute atomic E-state index is 12.2. The van der Waals surface area contributed by atoms with Crippen LogP contribution in [0.15, 0.2) is 48.5 Å². The number of benzene rings is 2. The number of hydrogen-bond donors (Lipinski definition) is 2. The summed E-state index contributed by atoms with van der Waals surface area (Å²) in [5, 5.41) is 17.7. The standard InChI is InChI=1S/C20H25NO6S/c1-28(25,26)21(15-18-5-2-4-17(12-18)13-20(23)24)14-16-6-8-19(9-7-16)27-11-3-10-22/h2,4-9,12,22H,3,10-11,13-15H2,1H3,(H,23,24). The van der Waals surface area contributed by atoms with Crippen molar-refractivity contribution in [3.8, 4) is 5.75 Å². The molecule has 28 heavy (non-hydrogen) atoms. The summed E-state index contributed by atoms with van der Waals surface area (Å²) in [6.45, 7) is 0.826. The molecule has 0 saturated heterocycles. The third-order valence-electron chi connectivity index (χ3n) is 4.03. The third kappa shape index (κ3) is 7.30. The Kier molecular flexibility index (Phi) is 7.98. The van der Waals surface area contributed by atoms with Crippen molar-refractivity contribution in [1.82, 2.24) is 4.31 Å². The van der Waals surface area contributed by atoms with Crippen molar-refractivity contribution >= 4 is 16.0 Å². The number of aliphatic carboxylic acids is 1. The monoisotopic (exact) mass is 407 g/mol. The number of carbonyl (C=O) groups is 1. The molecule has 0 spiro atoms. The van der Waals surface area contributed by atoms with Gasteiger partial charge in [0.2, 0.25) is 10.0 Å². The molecule has 0 unspecified atom stereocenters. The molecule has 2 rings (SSSR count). The summed E-state index contributed by atoms with van der Waals surface area (Å²) in [6, 6.07) is 14.1. The van der Waals surface area contributed by atoms with E-state index < -0.39 is 16.0 Å². The molecule has 0 amide bonds. The number of nitrogens with zero attached hydrogens (tertiary/aromatic N) is 1. The van der Waals surface area contributed by atoms with Gasteiger partial charge in [-0.3, -0.25) is 4.79 Å². The number of aliphatic hydroxyl groups excluding tert-OH is 1. The van der Waals surface area contributed by atoms with Crippen LogP contribution in [0.3, 0.4) is 0 Å². The number of carboxylic acids is 1.